The largest absolute Gasteiger partial charge is 0.496 e. The van der Waals surface area contributed by atoms with E-state index in [1.165, 1.54) is 0 Å². The van der Waals surface area contributed by atoms with E-state index in [9.17, 15) is 0 Å². The average Bonchev–Trinajstić information content (AvgIpc) is 2.55. The van der Waals surface area contributed by atoms with Crippen molar-refractivity contribution in [2.75, 3.05) is 7.11 Å². The molecule has 1 unspecified atom stereocenters. The molecule has 86 valence electrons. The van der Waals surface area contributed by atoms with E-state index in [4.69, 9.17) is 10.5 Å². The maximum atomic E-state index is 5.80. The highest BCUT2D eigenvalue weighted by molar-refractivity contribution is 5.88. The van der Waals surface area contributed by atoms with Crippen LogP contribution in [-0.4, -0.2) is 22.9 Å². The number of aryl methyl sites for hydroxylation is 1. The number of nitrogens with zero attached hydrogens (tertiary/aromatic N) is 2. The van der Waals surface area contributed by atoms with Crippen LogP contribution < -0.4 is 10.5 Å². The van der Waals surface area contributed by atoms with Gasteiger partial charge in [0.15, 0.2) is 0 Å². The number of hydrogen-bond donors (Lipinski definition) is 1. The van der Waals surface area contributed by atoms with Gasteiger partial charge < -0.3 is 10.5 Å². The lowest BCUT2D eigenvalue weighted by Crippen LogP contribution is -2.22. The summed E-state index contributed by atoms with van der Waals surface area (Å²) >= 11 is 0. The van der Waals surface area contributed by atoms with Crippen molar-refractivity contribution >= 4 is 10.9 Å². The van der Waals surface area contributed by atoms with Crippen LogP contribution in [0.1, 0.15) is 12.6 Å². The van der Waals surface area contributed by atoms with Crippen LogP contribution in [0.5, 0.6) is 5.75 Å². The molecule has 4 nitrogen and oxygen atoms in total. The van der Waals surface area contributed by atoms with E-state index in [1.807, 2.05) is 36.7 Å². The van der Waals surface area contributed by atoms with Gasteiger partial charge in [0.25, 0.3) is 0 Å². The summed E-state index contributed by atoms with van der Waals surface area (Å²) in [7, 11) is 1.68. The maximum absolute atomic E-state index is 5.80. The van der Waals surface area contributed by atoms with E-state index in [-0.39, 0.29) is 6.04 Å². The van der Waals surface area contributed by atoms with E-state index in [0.717, 1.165) is 28.9 Å². The van der Waals surface area contributed by atoms with Gasteiger partial charge in [-0.3, -0.25) is 4.68 Å². The smallest absolute Gasteiger partial charge is 0.130 e. The maximum Gasteiger partial charge on any atom is 0.130 e. The van der Waals surface area contributed by atoms with Crippen LogP contribution in [0.15, 0.2) is 18.2 Å². The third kappa shape index (κ3) is 1.76. The van der Waals surface area contributed by atoms with E-state index in [2.05, 4.69) is 5.10 Å². The van der Waals surface area contributed by atoms with Gasteiger partial charge in [-0.2, -0.15) is 5.10 Å². The molecule has 2 N–H and O–H groups in total. The average molecular weight is 219 g/mol. The van der Waals surface area contributed by atoms with E-state index in [1.54, 1.807) is 7.11 Å². The summed E-state index contributed by atoms with van der Waals surface area (Å²) in [6.45, 7) is 4.68. The van der Waals surface area contributed by atoms with Crippen molar-refractivity contribution in [2.24, 2.45) is 5.73 Å². The minimum absolute atomic E-state index is 0.0914. The summed E-state index contributed by atoms with van der Waals surface area (Å²) in [5, 5.41) is 5.57. The molecule has 2 aromatic rings. The fourth-order valence-corrected chi connectivity index (χ4v) is 1.97. The molecule has 0 spiro atoms. The van der Waals surface area contributed by atoms with Crippen LogP contribution in [0.4, 0.5) is 0 Å². The third-order valence-electron chi connectivity index (χ3n) is 2.60. The highest BCUT2D eigenvalue weighted by Gasteiger charge is 2.12. The molecule has 4 heteroatoms. The quantitative estimate of drug-likeness (QED) is 0.854. The topological polar surface area (TPSA) is 53.1 Å². The zero-order chi connectivity index (χ0) is 11.7. The lowest BCUT2D eigenvalue weighted by atomic mass is 10.2. The second-order valence-corrected chi connectivity index (χ2v) is 4.10. The second kappa shape index (κ2) is 4.14. The Labute approximate surface area is 95.0 Å². The monoisotopic (exact) mass is 219 g/mol. The van der Waals surface area contributed by atoms with Crippen molar-refractivity contribution in [2.45, 2.75) is 26.4 Å². The minimum atomic E-state index is 0.0914. The van der Waals surface area contributed by atoms with Gasteiger partial charge in [-0.25, -0.2) is 0 Å². The lowest BCUT2D eigenvalue weighted by molar-refractivity contribution is 0.419. The van der Waals surface area contributed by atoms with E-state index < -0.39 is 0 Å². The first-order valence-electron chi connectivity index (χ1n) is 5.39. The van der Waals surface area contributed by atoms with Crippen molar-refractivity contribution in [3.63, 3.8) is 0 Å². The van der Waals surface area contributed by atoms with E-state index in [0.29, 0.717) is 0 Å². The van der Waals surface area contributed by atoms with Crippen LogP contribution in [0.3, 0.4) is 0 Å². The summed E-state index contributed by atoms with van der Waals surface area (Å²) in [5.41, 5.74) is 7.86. The molecule has 2 rings (SSSR count). The van der Waals surface area contributed by atoms with Crippen LogP contribution in [0.2, 0.25) is 0 Å². The van der Waals surface area contributed by atoms with Gasteiger partial charge in [0.05, 0.1) is 30.3 Å². The van der Waals surface area contributed by atoms with Gasteiger partial charge in [-0.05, 0) is 26.0 Å². The molecule has 1 atom stereocenters. The zero-order valence-corrected chi connectivity index (χ0v) is 9.90. The number of nitrogens with two attached hydrogens (primary N) is 1. The van der Waals surface area contributed by atoms with E-state index >= 15 is 0 Å². The van der Waals surface area contributed by atoms with Gasteiger partial charge in [-0.15, -0.1) is 0 Å². The first-order chi connectivity index (χ1) is 7.63. The van der Waals surface area contributed by atoms with Gasteiger partial charge in [-0.1, -0.05) is 6.07 Å². The molecule has 1 aromatic heterocycles. The number of benzene rings is 1. The van der Waals surface area contributed by atoms with Gasteiger partial charge in [0.2, 0.25) is 0 Å². The Morgan fingerprint density at radius 1 is 1.50 bits per heavy atom. The van der Waals surface area contributed by atoms with Crippen molar-refractivity contribution < 1.29 is 4.74 Å². The van der Waals surface area contributed by atoms with Crippen LogP contribution in [0.25, 0.3) is 10.9 Å². The molecule has 0 amide bonds. The first-order valence-corrected chi connectivity index (χ1v) is 5.39. The Bertz CT molecular complexity index is 502. The summed E-state index contributed by atoms with van der Waals surface area (Å²) < 4.78 is 7.28. The van der Waals surface area contributed by atoms with Crippen molar-refractivity contribution in [1.29, 1.82) is 0 Å². The molecule has 1 aromatic carbocycles. The first kappa shape index (κ1) is 11.0. The summed E-state index contributed by atoms with van der Waals surface area (Å²) in [4.78, 5) is 0. The highest BCUT2D eigenvalue weighted by atomic mass is 16.5. The number of aromatic nitrogens is 2. The third-order valence-corrected chi connectivity index (χ3v) is 2.60. The molecule has 16 heavy (non-hydrogen) atoms. The minimum Gasteiger partial charge on any atom is -0.496 e. The molecule has 0 saturated carbocycles. The zero-order valence-electron chi connectivity index (χ0n) is 9.90. The van der Waals surface area contributed by atoms with Crippen molar-refractivity contribution in [1.82, 2.24) is 9.78 Å². The molecule has 0 radical (unpaired) electrons. The van der Waals surface area contributed by atoms with Gasteiger partial charge >= 0.3 is 0 Å². The summed E-state index contributed by atoms with van der Waals surface area (Å²) in [6.07, 6.45) is 0. The molecule has 0 fully saturated rings. The fourth-order valence-electron chi connectivity index (χ4n) is 1.97. The number of ether oxygens (including phenoxy) is 1. The van der Waals surface area contributed by atoms with Gasteiger partial charge in [0.1, 0.15) is 5.75 Å². The van der Waals surface area contributed by atoms with Crippen molar-refractivity contribution in [3.8, 4) is 5.75 Å². The highest BCUT2D eigenvalue weighted by Crippen LogP contribution is 2.28. The number of methoxy groups -OCH3 is 1. The molecule has 0 bridgehead atoms. The Kier molecular flexibility index (Phi) is 2.83. The predicted molar refractivity (Wildman–Crippen MR) is 64.7 cm³/mol. The number of hydrogen-bond acceptors (Lipinski definition) is 3. The SMILES string of the molecule is COc1cccc2c1c(C)nn2CC(C)N. The summed E-state index contributed by atoms with van der Waals surface area (Å²) in [6, 6.07) is 6.06. The molecule has 0 aliphatic heterocycles. The Morgan fingerprint density at radius 3 is 2.88 bits per heavy atom. The Hall–Kier alpha value is -1.55. The molecule has 1 heterocycles. The standard InChI is InChI=1S/C12H17N3O/c1-8(13)7-15-10-5-4-6-11(16-3)12(10)9(2)14-15/h4-6,8H,7,13H2,1-3H3. The normalized spacial score (nSPS) is 13.0. The molecule has 0 aliphatic rings. The van der Waals surface area contributed by atoms with Crippen LogP contribution >= 0.6 is 0 Å². The number of fused-ring (bicyclic) bond motifs is 1. The lowest BCUT2D eigenvalue weighted by Gasteiger charge is -2.07. The Balaban J connectivity index is 2.62. The molecule has 0 saturated heterocycles. The number of rotatable bonds is 3. The van der Waals surface area contributed by atoms with Crippen LogP contribution in [-0.2, 0) is 6.54 Å². The predicted octanol–water partition coefficient (Wildman–Crippen LogP) is 1.70. The molecular formula is C12H17N3O. The Morgan fingerprint density at radius 2 is 2.25 bits per heavy atom. The second-order valence-electron chi connectivity index (χ2n) is 4.10. The van der Waals surface area contributed by atoms with Crippen LogP contribution in [0, 0.1) is 6.92 Å². The fraction of sp³-hybridized carbons (Fsp3) is 0.417. The summed E-state index contributed by atoms with van der Waals surface area (Å²) in [5.74, 6) is 0.867. The van der Waals surface area contributed by atoms with Crippen molar-refractivity contribution in [3.05, 3.63) is 23.9 Å². The van der Waals surface area contributed by atoms with Gasteiger partial charge in [0, 0.05) is 6.04 Å². The molecular weight excluding hydrogens is 202 g/mol. The molecule has 0 aliphatic carbocycles.